The van der Waals surface area contributed by atoms with Crippen molar-refractivity contribution in [3.8, 4) is 22.9 Å². The fourth-order valence-corrected chi connectivity index (χ4v) is 3.70. The molecule has 9 nitrogen and oxygen atoms in total. The average molecular weight is 436 g/mol. The summed E-state index contributed by atoms with van der Waals surface area (Å²) in [7, 11) is 1.64. The van der Waals surface area contributed by atoms with Crippen LogP contribution in [0.5, 0.6) is 11.5 Å². The molecular formula is C23H29N7O2. The first-order valence-corrected chi connectivity index (χ1v) is 10.8. The van der Waals surface area contributed by atoms with E-state index in [1.54, 1.807) is 13.2 Å². The number of ether oxygens (including phenoxy) is 1. The van der Waals surface area contributed by atoms with Crippen molar-refractivity contribution in [1.29, 1.82) is 0 Å². The SMILES string of the molecule is CCNC(=NCc1nc(-c2ccc(OC)cc2)n[nH]1)N1CCN(c2ccccc2O)CC1. The van der Waals surface area contributed by atoms with Crippen LogP contribution in [0.25, 0.3) is 11.4 Å². The van der Waals surface area contributed by atoms with Gasteiger partial charge in [0.2, 0.25) is 0 Å². The Morgan fingerprint density at radius 3 is 2.56 bits per heavy atom. The topological polar surface area (TPSA) is 102 Å². The Kier molecular flexibility index (Phi) is 6.74. The standard InChI is InChI=1S/C23H29N7O2/c1-3-24-23(30-14-12-29(13-15-30)19-6-4-5-7-20(19)31)25-16-21-26-22(28-27-21)17-8-10-18(32-2)11-9-17/h4-11,31H,3,12-16H2,1-2H3,(H,24,25)(H,26,27,28). The molecule has 2 aromatic carbocycles. The quantitative estimate of drug-likeness (QED) is 0.404. The van der Waals surface area contributed by atoms with Crippen LogP contribution in [0.2, 0.25) is 0 Å². The first-order chi connectivity index (χ1) is 15.7. The van der Waals surface area contributed by atoms with E-state index in [0.717, 1.165) is 55.7 Å². The van der Waals surface area contributed by atoms with Crippen LogP contribution in [0.1, 0.15) is 12.7 Å². The number of aromatic amines is 1. The third-order valence-corrected chi connectivity index (χ3v) is 5.40. The van der Waals surface area contributed by atoms with Gasteiger partial charge in [-0.1, -0.05) is 12.1 Å². The molecule has 32 heavy (non-hydrogen) atoms. The summed E-state index contributed by atoms with van der Waals surface area (Å²) < 4.78 is 5.20. The molecule has 3 aromatic rings. The number of aromatic hydroxyl groups is 1. The van der Waals surface area contributed by atoms with Crippen molar-refractivity contribution in [3.05, 3.63) is 54.4 Å². The Balaban J connectivity index is 1.39. The maximum Gasteiger partial charge on any atom is 0.194 e. The molecule has 1 aliphatic heterocycles. The number of hydrogen-bond acceptors (Lipinski definition) is 6. The zero-order valence-electron chi connectivity index (χ0n) is 18.5. The van der Waals surface area contributed by atoms with Gasteiger partial charge < -0.3 is 25.0 Å². The van der Waals surface area contributed by atoms with Crippen LogP contribution in [-0.2, 0) is 6.54 Å². The van der Waals surface area contributed by atoms with Gasteiger partial charge in [-0.15, -0.1) is 0 Å². The van der Waals surface area contributed by atoms with E-state index >= 15 is 0 Å². The van der Waals surface area contributed by atoms with Crippen LogP contribution >= 0.6 is 0 Å². The summed E-state index contributed by atoms with van der Waals surface area (Å²) in [4.78, 5) is 13.8. The van der Waals surface area contributed by atoms with Crippen molar-refractivity contribution in [3.63, 3.8) is 0 Å². The Hall–Kier alpha value is -3.75. The van der Waals surface area contributed by atoms with E-state index in [1.165, 1.54) is 0 Å². The number of aromatic nitrogens is 3. The summed E-state index contributed by atoms with van der Waals surface area (Å²) in [5, 5.41) is 20.8. The molecule has 3 N–H and O–H groups in total. The van der Waals surface area contributed by atoms with Gasteiger partial charge in [-0.2, -0.15) is 5.10 Å². The smallest absolute Gasteiger partial charge is 0.194 e. The number of guanidine groups is 1. The minimum atomic E-state index is 0.319. The highest BCUT2D eigenvalue weighted by Crippen LogP contribution is 2.27. The van der Waals surface area contributed by atoms with Crippen molar-refractivity contribution in [2.45, 2.75) is 13.5 Å². The zero-order valence-corrected chi connectivity index (χ0v) is 18.5. The van der Waals surface area contributed by atoms with E-state index in [9.17, 15) is 5.11 Å². The Morgan fingerprint density at radius 1 is 1.12 bits per heavy atom. The summed E-state index contributed by atoms with van der Waals surface area (Å²) in [5.41, 5.74) is 1.80. The number of H-pyrrole nitrogens is 1. The number of nitrogens with one attached hydrogen (secondary N) is 2. The number of benzene rings is 2. The van der Waals surface area contributed by atoms with E-state index in [-0.39, 0.29) is 0 Å². The van der Waals surface area contributed by atoms with Crippen molar-refractivity contribution in [2.24, 2.45) is 4.99 Å². The van der Waals surface area contributed by atoms with E-state index in [1.807, 2.05) is 42.5 Å². The molecule has 2 heterocycles. The summed E-state index contributed by atoms with van der Waals surface area (Å²) in [5.74, 6) is 3.32. The molecule has 1 saturated heterocycles. The Labute approximate surface area is 187 Å². The van der Waals surface area contributed by atoms with E-state index in [2.05, 4.69) is 37.2 Å². The number of phenolic OH excluding ortho intramolecular Hbond substituents is 1. The number of anilines is 1. The first-order valence-electron chi connectivity index (χ1n) is 10.8. The number of para-hydroxylation sites is 2. The van der Waals surface area contributed by atoms with Gasteiger partial charge in [-0.05, 0) is 43.3 Å². The van der Waals surface area contributed by atoms with E-state index in [0.29, 0.717) is 23.9 Å². The summed E-state index contributed by atoms with van der Waals surface area (Å²) in [6.07, 6.45) is 0. The van der Waals surface area contributed by atoms with Gasteiger partial charge in [0, 0.05) is 38.3 Å². The summed E-state index contributed by atoms with van der Waals surface area (Å²) in [6.45, 7) is 6.50. The van der Waals surface area contributed by atoms with Crippen molar-refractivity contribution >= 4 is 11.6 Å². The number of methoxy groups -OCH3 is 1. The van der Waals surface area contributed by atoms with Crippen molar-refractivity contribution < 1.29 is 9.84 Å². The predicted molar refractivity (Wildman–Crippen MR) is 125 cm³/mol. The highest BCUT2D eigenvalue weighted by molar-refractivity contribution is 5.80. The predicted octanol–water partition coefficient (Wildman–Crippen LogP) is 2.47. The maximum atomic E-state index is 10.1. The van der Waals surface area contributed by atoms with E-state index < -0.39 is 0 Å². The molecule has 1 fully saturated rings. The van der Waals surface area contributed by atoms with Crippen LogP contribution in [0.15, 0.2) is 53.5 Å². The van der Waals surface area contributed by atoms with Gasteiger partial charge in [-0.3, -0.25) is 5.10 Å². The fourth-order valence-electron chi connectivity index (χ4n) is 3.70. The van der Waals surface area contributed by atoms with Crippen LogP contribution in [0, 0.1) is 0 Å². The molecule has 4 rings (SSSR count). The van der Waals surface area contributed by atoms with Crippen molar-refractivity contribution in [1.82, 2.24) is 25.4 Å². The molecule has 1 aliphatic rings. The highest BCUT2D eigenvalue weighted by atomic mass is 16.5. The lowest BCUT2D eigenvalue weighted by Gasteiger charge is -2.37. The molecule has 0 bridgehead atoms. The molecule has 0 aliphatic carbocycles. The molecule has 0 radical (unpaired) electrons. The molecule has 0 atom stereocenters. The second-order valence-electron chi connectivity index (χ2n) is 7.47. The molecule has 0 amide bonds. The lowest BCUT2D eigenvalue weighted by molar-refractivity contribution is 0.369. The normalized spacial score (nSPS) is 14.5. The molecule has 0 unspecified atom stereocenters. The molecule has 168 valence electrons. The second kappa shape index (κ2) is 10.0. The van der Waals surface area contributed by atoms with Crippen LogP contribution in [0.3, 0.4) is 0 Å². The highest BCUT2D eigenvalue weighted by Gasteiger charge is 2.21. The van der Waals surface area contributed by atoms with Crippen LogP contribution in [-0.4, -0.2) is 71.0 Å². The lowest BCUT2D eigenvalue weighted by Crippen LogP contribution is -2.52. The van der Waals surface area contributed by atoms with E-state index in [4.69, 9.17) is 9.73 Å². The van der Waals surface area contributed by atoms with Gasteiger partial charge in [0.25, 0.3) is 0 Å². The third-order valence-electron chi connectivity index (χ3n) is 5.40. The summed E-state index contributed by atoms with van der Waals surface area (Å²) in [6, 6.07) is 15.1. The van der Waals surface area contributed by atoms with Crippen molar-refractivity contribution in [2.75, 3.05) is 44.7 Å². The average Bonchev–Trinajstić information content (AvgIpc) is 3.31. The van der Waals surface area contributed by atoms with Gasteiger partial charge in [0.1, 0.15) is 23.9 Å². The zero-order chi connectivity index (χ0) is 22.3. The number of nitrogens with zero attached hydrogens (tertiary/aromatic N) is 5. The number of hydrogen-bond donors (Lipinski definition) is 3. The molecule has 1 aromatic heterocycles. The fraction of sp³-hybridized carbons (Fsp3) is 0.348. The van der Waals surface area contributed by atoms with Gasteiger partial charge >= 0.3 is 0 Å². The van der Waals surface area contributed by atoms with Gasteiger partial charge in [-0.25, -0.2) is 9.98 Å². The van der Waals surface area contributed by atoms with Gasteiger partial charge in [0.15, 0.2) is 11.8 Å². The first kappa shape index (κ1) is 21.5. The van der Waals surface area contributed by atoms with Crippen LogP contribution in [0.4, 0.5) is 5.69 Å². The molecular weight excluding hydrogens is 406 g/mol. The second-order valence-corrected chi connectivity index (χ2v) is 7.47. The molecule has 0 spiro atoms. The minimum absolute atomic E-state index is 0.319. The number of aliphatic imine (C=N–C) groups is 1. The maximum absolute atomic E-state index is 10.1. The molecule has 9 heteroatoms. The van der Waals surface area contributed by atoms with Gasteiger partial charge in [0.05, 0.1) is 12.8 Å². The monoisotopic (exact) mass is 435 g/mol. The lowest BCUT2D eigenvalue weighted by atomic mass is 10.2. The largest absolute Gasteiger partial charge is 0.506 e. The minimum Gasteiger partial charge on any atom is -0.506 e. The molecule has 0 saturated carbocycles. The number of rotatable bonds is 6. The summed E-state index contributed by atoms with van der Waals surface area (Å²) >= 11 is 0. The Morgan fingerprint density at radius 2 is 1.88 bits per heavy atom. The Bertz CT molecular complexity index is 1040. The number of phenols is 1. The third kappa shape index (κ3) is 4.93. The van der Waals surface area contributed by atoms with Crippen LogP contribution < -0.4 is 15.0 Å². The number of piperazine rings is 1.